The molecule has 0 amide bonds. The standard InChI is InChI=1S/C19H30N2/c1-3-4-15-6-8-17(13-21-18-9-10-18)19(11-15)16-7-5-14(2)20-12-16/h5,7,12,15,17-19,21H,3-4,6,8-11,13H2,1-2H3. The first-order valence-corrected chi connectivity index (χ1v) is 8.92. The van der Waals surface area contributed by atoms with E-state index in [1.54, 1.807) is 0 Å². The molecule has 0 bridgehead atoms. The van der Waals surface area contributed by atoms with E-state index in [-0.39, 0.29) is 0 Å². The van der Waals surface area contributed by atoms with Crippen molar-refractivity contribution in [2.75, 3.05) is 6.54 Å². The van der Waals surface area contributed by atoms with Gasteiger partial charge in [-0.1, -0.05) is 32.3 Å². The third kappa shape index (κ3) is 4.06. The maximum Gasteiger partial charge on any atom is 0.0372 e. The molecule has 0 radical (unpaired) electrons. The predicted molar refractivity (Wildman–Crippen MR) is 88.5 cm³/mol. The molecule has 2 aliphatic rings. The van der Waals surface area contributed by atoms with Gasteiger partial charge in [-0.2, -0.15) is 0 Å². The van der Waals surface area contributed by atoms with Crippen molar-refractivity contribution in [2.24, 2.45) is 11.8 Å². The monoisotopic (exact) mass is 286 g/mol. The Morgan fingerprint density at radius 1 is 1.19 bits per heavy atom. The fourth-order valence-corrected chi connectivity index (χ4v) is 3.95. The highest BCUT2D eigenvalue weighted by Crippen LogP contribution is 2.42. The summed E-state index contributed by atoms with van der Waals surface area (Å²) in [6, 6.07) is 5.34. The van der Waals surface area contributed by atoms with Gasteiger partial charge in [-0.15, -0.1) is 0 Å². The third-order valence-electron chi connectivity index (χ3n) is 5.41. The van der Waals surface area contributed by atoms with Gasteiger partial charge in [-0.3, -0.25) is 4.98 Å². The minimum absolute atomic E-state index is 0.717. The number of hydrogen-bond donors (Lipinski definition) is 1. The van der Waals surface area contributed by atoms with E-state index in [4.69, 9.17) is 0 Å². The minimum atomic E-state index is 0.717. The molecule has 1 heterocycles. The molecule has 1 aromatic rings. The highest BCUT2D eigenvalue weighted by molar-refractivity contribution is 5.20. The van der Waals surface area contributed by atoms with Crippen molar-refractivity contribution in [3.05, 3.63) is 29.6 Å². The zero-order valence-electron chi connectivity index (χ0n) is 13.6. The lowest BCUT2D eigenvalue weighted by Crippen LogP contribution is -2.33. The summed E-state index contributed by atoms with van der Waals surface area (Å²) in [5.74, 6) is 2.45. The lowest BCUT2D eigenvalue weighted by molar-refractivity contribution is 0.219. The number of aryl methyl sites for hydroxylation is 1. The van der Waals surface area contributed by atoms with Crippen LogP contribution in [-0.2, 0) is 0 Å². The molecule has 3 atom stereocenters. The quantitative estimate of drug-likeness (QED) is 0.836. The van der Waals surface area contributed by atoms with Crippen LogP contribution in [-0.4, -0.2) is 17.6 Å². The first-order valence-electron chi connectivity index (χ1n) is 8.92. The van der Waals surface area contributed by atoms with Crippen LogP contribution in [0.25, 0.3) is 0 Å². The SMILES string of the molecule is CCCC1CCC(CNC2CC2)C(c2ccc(C)nc2)C1. The molecule has 3 rings (SSSR count). The number of nitrogens with zero attached hydrogens (tertiary/aromatic N) is 1. The Balaban J connectivity index is 1.69. The number of nitrogens with one attached hydrogen (secondary N) is 1. The van der Waals surface area contributed by atoms with Gasteiger partial charge in [0.15, 0.2) is 0 Å². The fourth-order valence-electron chi connectivity index (χ4n) is 3.95. The second kappa shape index (κ2) is 6.91. The van der Waals surface area contributed by atoms with E-state index in [0.717, 1.165) is 29.5 Å². The molecule has 2 fully saturated rings. The number of aromatic nitrogens is 1. The van der Waals surface area contributed by atoms with Crippen molar-refractivity contribution >= 4 is 0 Å². The van der Waals surface area contributed by atoms with E-state index in [1.807, 2.05) is 0 Å². The molecule has 2 nitrogen and oxygen atoms in total. The van der Waals surface area contributed by atoms with E-state index in [0.29, 0.717) is 0 Å². The largest absolute Gasteiger partial charge is 0.314 e. The van der Waals surface area contributed by atoms with Crippen molar-refractivity contribution in [1.29, 1.82) is 0 Å². The Bertz CT molecular complexity index is 435. The molecule has 1 aromatic heterocycles. The molecule has 1 N–H and O–H groups in total. The second-order valence-corrected chi connectivity index (χ2v) is 7.25. The Labute approximate surface area is 129 Å². The van der Waals surface area contributed by atoms with Crippen molar-refractivity contribution in [3.63, 3.8) is 0 Å². The van der Waals surface area contributed by atoms with Crippen molar-refractivity contribution in [1.82, 2.24) is 10.3 Å². The van der Waals surface area contributed by atoms with Crippen LogP contribution in [0.3, 0.4) is 0 Å². The Hall–Kier alpha value is -0.890. The maximum atomic E-state index is 4.55. The molecule has 116 valence electrons. The molecule has 2 saturated carbocycles. The highest BCUT2D eigenvalue weighted by Gasteiger charge is 2.32. The molecular weight excluding hydrogens is 256 g/mol. The molecule has 21 heavy (non-hydrogen) atoms. The Morgan fingerprint density at radius 3 is 2.71 bits per heavy atom. The van der Waals surface area contributed by atoms with Gasteiger partial charge in [0, 0.05) is 17.9 Å². The molecule has 0 aromatic carbocycles. The van der Waals surface area contributed by atoms with Crippen LogP contribution in [0, 0.1) is 18.8 Å². The summed E-state index contributed by atoms with van der Waals surface area (Å²) in [5.41, 5.74) is 2.61. The van der Waals surface area contributed by atoms with E-state index in [9.17, 15) is 0 Å². The summed E-state index contributed by atoms with van der Waals surface area (Å²) in [7, 11) is 0. The molecule has 0 aliphatic heterocycles. The topological polar surface area (TPSA) is 24.9 Å². The van der Waals surface area contributed by atoms with Crippen LogP contribution in [0.2, 0.25) is 0 Å². The first-order chi connectivity index (χ1) is 10.3. The van der Waals surface area contributed by atoms with Gasteiger partial charge in [0.2, 0.25) is 0 Å². The highest BCUT2D eigenvalue weighted by atomic mass is 14.9. The Morgan fingerprint density at radius 2 is 2.05 bits per heavy atom. The van der Waals surface area contributed by atoms with Gasteiger partial charge in [0.1, 0.15) is 0 Å². The van der Waals surface area contributed by atoms with Gasteiger partial charge in [-0.25, -0.2) is 0 Å². The van der Waals surface area contributed by atoms with Crippen LogP contribution in [0.15, 0.2) is 18.3 Å². The minimum Gasteiger partial charge on any atom is -0.314 e. The van der Waals surface area contributed by atoms with E-state index >= 15 is 0 Å². The fraction of sp³-hybridized carbons (Fsp3) is 0.737. The van der Waals surface area contributed by atoms with Crippen LogP contribution in [0.1, 0.15) is 69.0 Å². The van der Waals surface area contributed by atoms with Crippen LogP contribution in [0.4, 0.5) is 0 Å². The normalized spacial score (nSPS) is 29.5. The van der Waals surface area contributed by atoms with Gasteiger partial charge >= 0.3 is 0 Å². The average Bonchev–Trinajstić information content (AvgIpc) is 3.31. The molecule has 3 unspecified atom stereocenters. The predicted octanol–water partition coefficient (Wildman–Crippen LogP) is 4.44. The summed E-state index contributed by atoms with van der Waals surface area (Å²) in [4.78, 5) is 4.55. The smallest absolute Gasteiger partial charge is 0.0372 e. The second-order valence-electron chi connectivity index (χ2n) is 7.25. The number of hydrogen-bond acceptors (Lipinski definition) is 2. The summed E-state index contributed by atoms with van der Waals surface area (Å²) < 4.78 is 0. The summed E-state index contributed by atoms with van der Waals surface area (Å²) in [6.07, 6.45) is 11.8. The van der Waals surface area contributed by atoms with Crippen molar-refractivity contribution in [2.45, 2.75) is 70.8 Å². The molecule has 2 heteroatoms. The number of rotatable bonds is 6. The van der Waals surface area contributed by atoms with Crippen LogP contribution < -0.4 is 5.32 Å². The maximum absolute atomic E-state index is 4.55. The molecular formula is C19H30N2. The summed E-state index contributed by atoms with van der Waals surface area (Å²) in [6.45, 7) is 5.61. The zero-order valence-corrected chi connectivity index (χ0v) is 13.6. The van der Waals surface area contributed by atoms with Gasteiger partial charge in [0.05, 0.1) is 0 Å². The third-order valence-corrected chi connectivity index (χ3v) is 5.41. The lowest BCUT2D eigenvalue weighted by atomic mass is 9.70. The van der Waals surface area contributed by atoms with Crippen molar-refractivity contribution in [3.8, 4) is 0 Å². The van der Waals surface area contributed by atoms with Gasteiger partial charge < -0.3 is 5.32 Å². The van der Waals surface area contributed by atoms with E-state index in [2.05, 4.69) is 42.5 Å². The zero-order chi connectivity index (χ0) is 14.7. The van der Waals surface area contributed by atoms with Gasteiger partial charge in [0.25, 0.3) is 0 Å². The molecule has 2 aliphatic carbocycles. The summed E-state index contributed by atoms with van der Waals surface area (Å²) >= 11 is 0. The summed E-state index contributed by atoms with van der Waals surface area (Å²) in [5, 5.41) is 3.76. The van der Waals surface area contributed by atoms with Crippen LogP contribution >= 0.6 is 0 Å². The van der Waals surface area contributed by atoms with Crippen molar-refractivity contribution < 1.29 is 0 Å². The van der Waals surface area contributed by atoms with E-state index < -0.39 is 0 Å². The molecule has 0 spiro atoms. The lowest BCUT2D eigenvalue weighted by Gasteiger charge is -2.37. The number of pyridine rings is 1. The Kier molecular flexibility index (Phi) is 4.95. The first kappa shape index (κ1) is 15.0. The molecule has 0 saturated heterocycles. The average molecular weight is 286 g/mol. The van der Waals surface area contributed by atoms with E-state index in [1.165, 1.54) is 57.1 Å². The van der Waals surface area contributed by atoms with Crippen LogP contribution in [0.5, 0.6) is 0 Å². The van der Waals surface area contributed by atoms with Gasteiger partial charge in [-0.05, 0) is 68.5 Å².